The Labute approximate surface area is 75.1 Å². The average molecular weight is 209 g/mol. The molecule has 1 aliphatic rings. The average Bonchev–Trinajstić information content (AvgIpc) is 2.33. The molecule has 11 heavy (non-hydrogen) atoms. The minimum Gasteiger partial charge on any atom is -0.0766 e. The van der Waals surface area contributed by atoms with Gasteiger partial charge >= 0.3 is 0 Å². The van der Waals surface area contributed by atoms with Crippen LogP contribution in [0.4, 0.5) is 0 Å². The Balaban J connectivity index is 2.60. The molecule has 0 saturated heterocycles. The second-order valence-corrected chi connectivity index (χ2v) is 3.81. The Morgan fingerprint density at radius 3 is 3.00 bits per heavy atom. The second kappa shape index (κ2) is 2.49. The Bertz CT molecular complexity index is 324. The van der Waals surface area contributed by atoms with Gasteiger partial charge in [0, 0.05) is 4.47 Å². The summed E-state index contributed by atoms with van der Waals surface area (Å²) in [6, 6.07) is 6.48. The lowest BCUT2D eigenvalue weighted by atomic mass is 10.1. The van der Waals surface area contributed by atoms with Crippen molar-refractivity contribution in [3.8, 4) is 0 Å². The van der Waals surface area contributed by atoms with Gasteiger partial charge in [-0.05, 0) is 42.2 Å². The van der Waals surface area contributed by atoms with Gasteiger partial charge < -0.3 is 0 Å². The van der Waals surface area contributed by atoms with E-state index in [9.17, 15) is 0 Å². The molecule has 0 nitrogen and oxygen atoms in total. The molecule has 0 saturated carbocycles. The zero-order valence-corrected chi connectivity index (χ0v) is 7.98. The Kier molecular flexibility index (Phi) is 1.61. The first-order valence-corrected chi connectivity index (χ1v) is 4.52. The van der Waals surface area contributed by atoms with Gasteiger partial charge in [-0.1, -0.05) is 28.1 Å². The molecular formula is C10H9Br. The number of halogens is 1. The summed E-state index contributed by atoms with van der Waals surface area (Å²) in [6.07, 6.45) is 3.38. The van der Waals surface area contributed by atoms with Crippen molar-refractivity contribution in [1.29, 1.82) is 0 Å². The summed E-state index contributed by atoms with van der Waals surface area (Å²) in [4.78, 5) is 0. The molecule has 0 N–H and O–H groups in total. The quantitative estimate of drug-likeness (QED) is 0.614. The van der Waals surface area contributed by atoms with Crippen molar-refractivity contribution in [2.75, 3.05) is 0 Å². The topological polar surface area (TPSA) is 0 Å². The summed E-state index contributed by atoms with van der Waals surface area (Å²) in [5, 5.41) is 0. The third-order valence-corrected chi connectivity index (χ3v) is 2.62. The molecule has 0 atom stereocenters. The molecule has 0 aromatic heterocycles. The van der Waals surface area contributed by atoms with Gasteiger partial charge in [-0.25, -0.2) is 0 Å². The van der Waals surface area contributed by atoms with Crippen LogP contribution in [0.15, 0.2) is 28.7 Å². The molecule has 0 fully saturated rings. The van der Waals surface area contributed by atoms with Gasteiger partial charge in [0.05, 0.1) is 0 Å². The number of fused-ring (bicyclic) bond motifs is 1. The van der Waals surface area contributed by atoms with Crippen LogP contribution in [-0.4, -0.2) is 0 Å². The SMILES string of the molecule is CC1=CCc2ccc(Br)cc21. The number of benzene rings is 1. The Hall–Kier alpha value is -0.560. The normalized spacial score (nSPS) is 14.5. The van der Waals surface area contributed by atoms with Crippen LogP contribution in [-0.2, 0) is 6.42 Å². The van der Waals surface area contributed by atoms with Crippen molar-refractivity contribution in [1.82, 2.24) is 0 Å². The van der Waals surface area contributed by atoms with E-state index in [0.29, 0.717) is 0 Å². The highest BCUT2D eigenvalue weighted by Crippen LogP contribution is 2.29. The highest BCUT2D eigenvalue weighted by atomic mass is 79.9. The van der Waals surface area contributed by atoms with Gasteiger partial charge in [-0.2, -0.15) is 0 Å². The number of hydrogen-bond acceptors (Lipinski definition) is 0. The fraction of sp³-hybridized carbons (Fsp3) is 0.200. The van der Waals surface area contributed by atoms with E-state index < -0.39 is 0 Å². The predicted octanol–water partition coefficient (Wildman–Crippen LogP) is 3.41. The molecule has 1 heteroatoms. The highest BCUT2D eigenvalue weighted by Gasteiger charge is 2.09. The van der Waals surface area contributed by atoms with Crippen molar-refractivity contribution in [3.05, 3.63) is 39.9 Å². The van der Waals surface area contributed by atoms with Gasteiger partial charge in [0.1, 0.15) is 0 Å². The van der Waals surface area contributed by atoms with Gasteiger partial charge in [0.15, 0.2) is 0 Å². The van der Waals surface area contributed by atoms with Crippen LogP contribution < -0.4 is 0 Å². The van der Waals surface area contributed by atoms with Crippen LogP contribution in [0.25, 0.3) is 5.57 Å². The summed E-state index contributed by atoms with van der Waals surface area (Å²) < 4.78 is 1.17. The fourth-order valence-electron chi connectivity index (χ4n) is 1.47. The number of hydrogen-bond donors (Lipinski definition) is 0. The van der Waals surface area contributed by atoms with Crippen molar-refractivity contribution < 1.29 is 0 Å². The monoisotopic (exact) mass is 208 g/mol. The van der Waals surface area contributed by atoms with Crippen molar-refractivity contribution >= 4 is 21.5 Å². The molecule has 0 unspecified atom stereocenters. The van der Waals surface area contributed by atoms with E-state index in [1.54, 1.807) is 0 Å². The number of rotatable bonds is 0. The second-order valence-electron chi connectivity index (χ2n) is 2.89. The van der Waals surface area contributed by atoms with E-state index in [-0.39, 0.29) is 0 Å². The zero-order chi connectivity index (χ0) is 7.84. The lowest BCUT2D eigenvalue weighted by Crippen LogP contribution is -1.81. The molecule has 0 aliphatic heterocycles. The van der Waals surface area contributed by atoms with Gasteiger partial charge in [-0.3, -0.25) is 0 Å². The fourth-order valence-corrected chi connectivity index (χ4v) is 1.83. The van der Waals surface area contributed by atoms with Crippen molar-refractivity contribution in [2.45, 2.75) is 13.3 Å². The third kappa shape index (κ3) is 1.14. The smallest absolute Gasteiger partial charge is 0.0181 e. The van der Waals surface area contributed by atoms with Crippen LogP contribution in [0.3, 0.4) is 0 Å². The summed E-state index contributed by atoms with van der Waals surface area (Å²) in [7, 11) is 0. The minimum atomic E-state index is 1.11. The largest absolute Gasteiger partial charge is 0.0766 e. The molecule has 0 spiro atoms. The van der Waals surface area contributed by atoms with E-state index in [2.05, 4.69) is 47.1 Å². The van der Waals surface area contributed by atoms with Crippen molar-refractivity contribution in [3.63, 3.8) is 0 Å². The summed E-state index contributed by atoms with van der Waals surface area (Å²) in [5.74, 6) is 0. The third-order valence-electron chi connectivity index (χ3n) is 2.12. The van der Waals surface area contributed by atoms with E-state index in [1.165, 1.54) is 21.2 Å². The maximum Gasteiger partial charge on any atom is 0.0181 e. The maximum atomic E-state index is 3.47. The van der Waals surface area contributed by atoms with Crippen LogP contribution in [0.5, 0.6) is 0 Å². The Morgan fingerprint density at radius 1 is 1.36 bits per heavy atom. The van der Waals surface area contributed by atoms with Gasteiger partial charge in [-0.15, -0.1) is 0 Å². The molecule has 2 rings (SSSR count). The van der Waals surface area contributed by atoms with Crippen molar-refractivity contribution in [2.24, 2.45) is 0 Å². The highest BCUT2D eigenvalue weighted by molar-refractivity contribution is 9.10. The number of allylic oxidation sites excluding steroid dienone is 2. The molecule has 56 valence electrons. The molecule has 0 amide bonds. The van der Waals surface area contributed by atoms with E-state index >= 15 is 0 Å². The predicted molar refractivity (Wildman–Crippen MR) is 51.5 cm³/mol. The first-order chi connectivity index (χ1) is 5.27. The van der Waals surface area contributed by atoms with Gasteiger partial charge in [0.2, 0.25) is 0 Å². The molecular weight excluding hydrogens is 200 g/mol. The molecule has 0 radical (unpaired) electrons. The lowest BCUT2D eigenvalue weighted by Gasteiger charge is -2.00. The molecule has 1 aliphatic carbocycles. The molecule has 0 bridgehead atoms. The first kappa shape index (κ1) is 7.11. The van der Waals surface area contributed by atoms with E-state index in [4.69, 9.17) is 0 Å². The van der Waals surface area contributed by atoms with Gasteiger partial charge in [0.25, 0.3) is 0 Å². The minimum absolute atomic E-state index is 1.11. The van der Waals surface area contributed by atoms with Crippen LogP contribution in [0, 0.1) is 0 Å². The molecule has 0 heterocycles. The van der Waals surface area contributed by atoms with Crippen LogP contribution in [0.2, 0.25) is 0 Å². The summed E-state index contributed by atoms with van der Waals surface area (Å²) >= 11 is 3.47. The van der Waals surface area contributed by atoms with Crippen LogP contribution >= 0.6 is 15.9 Å². The maximum absolute atomic E-state index is 3.47. The lowest BCUT2D eigenvalue weighted by molar-refractivity contribution is 1.31. The summed E-state index contributed by atoms with van der Waals surface area (Å²) in [6.45, 7) is 2.16. The summed E-state index contributed by atoms with van der Waals surface area (Å²) in [5.41, 5.74) is 4.26. The zero-order valence-electron chi connectivity index (χ0n) is 6.39. The molecule has 1 aromatic rings. The Morgan fingerprint density at radius 2 is 2.18 bits per heavy atom. The van der Waals surface area contributed by atoms with Crippen LogP contribution in [0.1, 0.15) is 18.1 Å². The molecule has 1 aromatic carbocycles. The first-order valence-electron chi connectivity index (χ1n) is 3.73. The van der Waals surface area contributed by atoms with E-state index in [0.717, 1.165) is 6.42 Å². The standard InChI is InChI=1S/C10H9Br/c1-7-2-3-8-4-5-9(11)6-10(7)8/h2,4-6H,3H2,1H3. The van der Waals surface area contributed by atoms with E-state index in [1.807, 2.05) is 0 Å².